The Morgan fingerprint density at radius 3 is 2.52 bits per heavy atom. The molecule has 40 heavy (non-hydrogen) atoms. The zero-order valence-corrected chi connectivity index (χ0v) is 24.1. The molecule has 1 unspecified atom stereocenters. The number of aryl methyl sites for hydroxylation is 1. The number of nitrogens with one attached hydrogen (secondary N) is 2. The summed E-state index contributed by atoms with van der Waals surface area (Å²) in [7, 11) is 0.140. The number of methoxy groups -OCH3 is 2. The number of benzene rings is 2. The molecule has 12 heteroatoms. The Balaban J connectivity index is 1.18. The van der Waals surface area contributed by atoms with Crippen LogP contribution in [0, 0.1) is 0 Å². The molecule has 0 saturated carbocycles. The maximum atomic E-state index is 13.0. The first-order valence-corrected chi connectivity index (χ1v) is 15.7. The van der Waals surface area contributed by atoms with Crippen LogP contribution in [0.2, 0.25) is 0 Å². The van der Waals surface area contributed by atoms with Gasteiger partial charge in [-0.05, 0) is 55.2 Å². The van der Waals surface area contributed by atoms with Gasteiger partial charge in [0.1, 0.15) is 0 Å². The van der Waals surface area contributed by atoms with Gasteiger partial charge in [0, 0.05) is 41.7 Å². The van der Waals surface area contributed by atoms with E-state index in [1.807, 2.05) is 6.07 Å². The first-order valence-electron chi connectivity index (χ1n) is 13.1. The van der Waals surface area contributed by atoms with Crippen molar-refractivity contribution in [2.75, 3.05) is 44.1 Å². The molecule has 1 saturated heterocycles. The van der Waals surface area contributed by atoms with Gasteiger partial charge in [0.25, 0.3) is 11.8 Å². The molecule has 212 valence electrons. The summed E-state index contributed by atoms with van der Waals surface area (Å²) in [4.78, 5) is 33.8. The molecule has 10 nitrogen and oxygen atoms in total. The van der Waals surface area contributed by atoms with Crippen LogP contribution in [-0.4, -0.2) is 75.0 Å². The van der Waals surface area contributed by atoms with Crippen molar-refractivity contribution in [3.8, 4) is 11.5 Å². The van der Waals surface area contributed by atoms with Crippen LogP contribution in [0.25, 0.3) is 0 Å². The minimum Gasteiger partial charge on any atom is -0.493 e. The van der Waals surface area contributed by atoms with Crippen molar-refractivity contribution in [3.05, 3.63) is 69.7 Å². The maximum Gasteiger partial charge on any atom is 0.257 e. The van der Waals surface area contributed by atoms with E-state index in [1.165, 1.54) is 25.6 Å². The van der Waals surface area contributed by atoms with Crippen LogP contribution in [-0.2, 0) is 29.2 Å². The van der Waals surface area contributed by atoms with Gasteiger partial charge in [0.2, 0.25) is 0 Å². The third-order valence-electron chi connectivity index (χ3n) is 7.32. The highest BCUT2D eigenvalue weighted by atomic mass is 32.2. The van der Waals surface area contributed by atoms with E-state index < -0.39 is 9.84 Å². The SMILES string of the molecule is COc1ccc(C(=O)NCc2cccc(C(=O)Nc3nc4c(s3)CC(N3CCS(=O)(=O)CC3)CC4)c2)cc1OC. The smallest absolute Gasteiger partial charge is 0.257 e. The van der Waals surface area contributed by atoms with E-state index in [-0.39, 0.29) is 29.9 Å². The quantitative estimate of drug-likeness (QED) is 0.414. The Labute approximate surface area is 237 Å². The lowest BCUT2D eigenvalue weighted by atomic mass is 9.96. The second kappa shape index (κ2) is 11.9. The van der Waals surface area contributed by atoms with Crippen LogP contribution < -0.4 is 20.1 Å². The molecule has 2 aromatic carbocycles. The van der Waals surface area contributed by atoms with E-state index in [4.69, 9.17) is 9.47 Å². The van der Waals surface area contributed by atoms with Crippen molar-refractivity contribution in [1.29, 1.82) is 0 Å². The molecule has 2 N–H and O–H groups in total. The average Bonchev–Trinajstić information content (AvgIpc) is 3.37. The maximum absolute atomic E-state index is 13.0. The number of aromatic nitrogens is 1. The number of rotatable bonds is 8. The number of nitrogens with zero attached hydrogens (tertiary/aromatic N) is 2. The van der Waals surface area contributed by atoms with Crippen molar-refractivity contribution >= 4 is 38.1 Å². The molecule has 0 spiro atoms. The third-order valence-corrected chi connectivity index (χ3v) is 9.96. The van der Waals surface area contributed by atoms with Crippen molar-refractivity contribution in [1.82, 2.24) is 15.2 Å². The fourth-order valence-corrected chi connectivity index (χ4v) is 7.37. The number of carbonyl (C=O) groups is 2. The third kappa shape index (κ3) is 6.45. The van der Waals surface area contributed by atoms with Gasteiger partial charge in [0.15, 0.2) is 26.5 Å². The summed E-state index contributed by atoms with van der Waals surface area (Å²) in [6.45, 7) is 1.41. The first-order chi connectivity index (χ1) is 19.2. The summed E-state index contributed by atoms with van der Waals surface area (Å²) in [5.74, 6) is 0.914. The highest BCUT2D eigenvalue weighted by Crippen LogP contribution is 2.32. The van der Waals surface area contributed by atoms with Crippen LogP contribution in [0.5, 0.6) is 11.5 Å². The van der Waals surface area contributed by atoms with Crippen LogP contribution >= 0.6 is 11.3 Å². The van der Waals surface area contributed by atoms with Crippen molar-refractivity contribution < 1.29 is 27.5 Å². The number of sulfone groups is 1. The van der Waals surface area contributed by atoms with Gasteiger partial charge in [-0.1, -0.05) is 12.1 Å². The zero-order chi connectivity index (χ0) is 28.3. The summed E-state index contributed by atoms with van der Waals surface area (Å²) in [6, 6.07) is 12.4. The van der Waals surface area contributed by atoms with E-state index in [1.54, 1.807) is 36.4 Å². The molecule has 2 heterocycles. The second-order valence-electron chi connectivity index (χ2n) is 9.88. The molecule has 5 rings (SSSR count). The summed E-state index contributed by atoms with van der Waals surface area (Å²) in [5.41, 5.74) is 2.70. The summed E-state index contributed by atoms with van der Waals surface area (Å²) >= 11 is 1.48. The van der Waals surface area contributed by atoms with Gasteiger partial charge in [-0.2, -0.15) is 0 Å². The van der Waals surface area contributed by atoms with Gasteiger partial charge in [-0.3, -0.25) is 19.8 Å². The lowest BCUT2D eigenvalue weighted by Gasteiger charge is -2.36. The fraction of sp³-hybridized carbons (Fsp3) is 0.393. The molecule has 0 bridgehead atoms. The van der Waals surface area contributed by atoms with E-state index in [0.29, 0.717) is 46.9 Å². The Morgan fingerprint density at radius 1 is 1.02 bits per heavy atom. The topological polar surface area (TPSA) is 127 Å². The van der Waals surface area contributed by atoms with Crippen LogP contribution in [0.3, 0.4) is 0 Å². The number of fused-ring (bicyclic) bond motifs is 1. The molecular weight excluding hydrogens is 552 g/mol. The number of anilines is 1. The van der Waals surface area contributed by atoms with Gasteiger partial charge < -0.3 is 14.8 Å². The number of hydrogen-bond acceptors (Lipinski definition) is 9. The molecule has 1 atom stereocenters. The minimum atomic E-state index is -2.91. The largest absolute Gasteiger partial charge is 0.493 e. The molecule has 2 amide bonds. The fourth-order valence-electron chi connectivity index (χ4n) is 5.07. The van der Waals surface area contributed by atoms with Gasteiger partial charge in [-0.15, -0.1) is 11.3 Å². The van der Waals surface area contributed by atoms with Gasteiger partial charge in [-0.25, -0.2) is 13.4 Å². The lowest BCUT2D eigenvalue weighted by molar-refractivity contribution is 0.0950. The lowest BCUT2D eigenvalue weighted by Crippen LogP contribution is -2.47. The molecule has 2 aliphatic rings. The summed E-state index contributed by atoms with van der Waals surface area (Å²) in [6.07, 6.45) is 2.56. The van der Waals surface area contributed by atoms with E-state index in [0.717, 1.165) is 35.4 Å². The van der Waals surface area contributed by atoms with E-state index >= 15 is 0 Å². The Morgan fingerprint density at radius 2 is 1.77 bits per heavy atom. The molecular formula is C28H32N4O6S2. The van der Waals surface area contributed by atoms with Gasteiger partial charge >= 0.3 is 0 Å². The molecule has 1 aliphatic heterocycles. The van der Waals surface area contributed by atoms with Crippen LogP contribution in [0.4, 0.5) is 5.13 Å². The van der Waals surface area contributed by atoms with Crippen molar-refractivity contribution in [2.45, 2.75) is 31.8 Å². The minimum absolute atomic E-state index is 0.222. The predicted molar refractivity (Wildman–Crippen MR) is 153 cm³/mol. The first kappa shape index (κ1) is 28.1. The predicted octanol–water partition coefficient (Wildman–Crippen LogP) is 2.93. The van der Waals surface area contributed by atoms with E-state index in [9.17, 15) is 18.0 Å². The Hall–Kier alpha value is -3.48. The number of ether oxygens (including phenoxy) is 2. The average molecular weight is 585 g/mol. The molecule has 3 aromatic rings. The number of amides is 2. The number of carbonyl (C=O) groups excluding carboxylic acids is 2. The van der Waals surface area contributed by atoms with Gasteiger partial charge in [0.05, 0.1) is 31.4 Å². The Bertz CT molecular complexity index is 1510. The van der Waals surface area contributed by atoms with Crippen molar-refractivity contribution in [3.63, 3.8) is 0 Å². The molecule has 0 radical (unpaired) electrons. The standard InChI is InChI=1S/C28H32N4O6S2/c1-37-23-9-6-20(15-24(23)38-2)26(33)29-17-18-4-3-5-19(14-18)27(34)31-28-30-22-8-7-21(16-25(22)39-28)32-10-12-40(35,36)13-11-32/h3-6,9,14-15,21H,7-8,10-13,16-17H2,1-2H3,(H,29,33)(H,30,31,34). The summed E-state index contributed by atoms with van der Waals surface area (Å²) < 4.78 is 34.1. The highest BCUT2D eigenvalue weighted by Gasteiger charge is 2.31. The second-order valence-corrected chi connectivity index (χ2v) is 13.3. The zero-order valence-electron chi connectivity index (χ0n) is 22.4. The molecule has 1 aliphatic carbocycles. The summed E-state index contributed by atoms with van der Waals surface area (Å²) in [5, 5.41) is 6.36. The Kier molecular flexibility index (Phi) is 8.38. The van der Waals surface area contributed by atoms with Crippen molar-refractivity contribution in [2.24, 2.45) is 0 Å². The molecule has 1 fully saturated rings. The monoisotopic (exact) mass is 584 g/mol. The normalized spacial score (nSPS) is 18.4. The number of hydrogen-bond donors (Lipinski definition) is 2. The number of thiazole rings is 1. The highest BCUT2D eigenvalue weighted by molar-refractivity contribution is 7.91. The molecule has 1 aromatic heterocycles. The van der Waals surface area contributed by atoms with E-state index in [2.05, 4.69) is 20.5 Å². The van der Waals surface area contributed by atoms with Crippen LogP contribution in [0.15, 0.2) is 42.5 Å². The van der Waals surface area contributed by atoms with Crippen LogP contribution in [0.1, 0.15) is 43.3 Å².